The summed E-state index contributed by atoms with van der Waals surface area (Å²) >= 11 is 5.22. The van der Waals surface area contributed by atoms with Gasteiger partial charge >= 0.3 is 0 Å². The summed E-state index contributed by atoms with van der Waals surface area (Å²) in [6.07, 6.45) is 5.04. The zero-order chi connectivity index (χ0) is 5.70. The Morgan fingerprint density at radius 3 is 2.57 bits per heavy atom. The maximum Gasteiger partial charge on any atom is 0.168 e. The van der Waals surface area contributed by atoms with Gasteiger partial charge in [-0.1, -0.05) is 23.8 Å². The molecule has 0 unspecified atom stereocenters. The zero-order valence-electron chi connectivity index (χ0n) is 4.11. The molecule has 0 aromatic carbocycles. The van der Waals surface area contributed by atoms with Crippen LogP contribution in [0.4, 0.5) is 0 Å². The van der Waals surface area contributed by atoms with E-state index in [9.17, 15) is 0 Å². The lowest BCUT2D eigenvalue weighted by molar-refractivity contribution is 2.15. The third-order valence-electron chi connectivity index (χ3n) is 0.541. The fourth-order valence-electron chi connectivity index (χ4n) is 0.143. The van der Waals surface area contributed by atoms with Gasteiger partial charge in [-0.2, -0.15) is 0 Å². The molecule has 0 bridgehead atoms. The Hall–Kier alpha value is -0.193. The van der Waals surface area contributed by atoms with Crippen LogP contribution in [0.3, 0.4) is 0 Å². The topological polar surface area (TPSA) is 0 Å². The highest BCUT2D eigenvalue weighted by atomic mass is 35.5. The van der Waals surface area contributed by atoms with E-state index in [2.05, 4.69) is 5.54 Å². The largest absolute Gasteiger partial charge is 0.168 e. The Balaban J connectivity index is 3.42. The van der Waals surface area contributed by atoms with E-state index in [1.807, 2.05) is 12.2 Å². The molecule has 2 heteroatoms. The van der Waals surface area contributed by atoms with Gasteiger partial charge < -0.3 is 0 Å². The molecule has 0 heterocycles. The summed E-state index contributed by atoms with van der Waals surface area (Å²) in [4.78, 5) is 0. The van der Waals surface area contributed by atoms with Crippen LogP contribution >= 0.6 is 11.6 Å². The van der Waals surface area contributed by atoms with Crippen LogP contribution < -0.4 is 0 Å². The number of terminal acetylenes is 1. The molecule has 0 aliphatic heterocycles. The quantitative estimate of drug-likeness (QED) is 0.373. The molecule has 0 amide bonds. The van der Waals surface area contributed by atoms with Crippen LogP contribution in [-0.4, -0.2) is 8.80 Å². The monoisotopic (exact) mass is 129 g/mol. The molecular formula is C5H6ClSi. The van der Waals surface area contributed by atoms with Crippen molar-refractivity contribution in [3.05, 3.63) is 11.2 Å². The lowest BCUT2D eigenvalue weighted by Gasteiger charge is -1.82. The van der Waals surface area contributed by atoms with Crippen molar-refractivity contribution in [3.8, 4) is 12.0 Å². The summed E-state index contributed by atoms with van der Waals surface area (Å²) in [5.41, 5.74) is 5.93. The predicted octanol–water partition coefficient (Wildman–Crippen LogP) is 1.58. The molecule has 0 saturated heterocycles. The molecule has 0 aliphatic rings. The van der Waals surface area contributed by atoms with Gasteiger partial charge in [0.15, 0.2) is 8.80 Å². The molecule has 0 nitrogen and oxygen atoms in total. The van der Waals surface area contributed by atoms with Gasteiger partial charge in [0, 0.05) is 0 Å². The van der Waals surface area contributed by atoms with Crippen molar-refractivity contribution in [1.29, 1.82) is 0 Å². The average Bonchev–Trinajstić information content (AvgIpc) is 1.68. The Morgan fingerprint density at radius 2 is 2.43 bits per heavy atom. The van der Waals surface area contributed by atoms with Gasteiger partial charge in [0.05, 0.1) is 0 Å². The van der Waals surface area contributed by atoms with Crippen LogP contribution in [0.1, 0.15) is 0 Å². The van der Waals surface area contributed by atoms with Gasteiger partial charge in [0.25, 0.3) is 0 Å². The molecule has 0 spiro atoms. The minimum Gasteiger partial charge on any atom is -0.131 e. The molecular weight excluding hydrogens is 124 g/mol. The van der Waals surface area contributed by atoms with E-state index < -0.39 is 8.80 Å². The maximum absolute atomic E-state index is 5.22. The standard InChI is InChI=1S/C5H6ClSi/c1-3-7(2)5-4-6/h1,4-5H,2H3. The molecule has 0 N–H and O–H groups in total. The van der Waals surface area contributed by atoms with Crippen molar-refractivity contribution in [1.82, 2.24) is 0 Å². The van der Waals surface area contributed by atoms with Gasteiger partial charge in [-0.05, 0) is 5.54 Å². The summed E-state index contributed by atoms with van der Waals surface area (Å²) in [6.45, 7) is 2.00. The van der Waals surface area contributed by atoms with Crippen LogP contribution in [0.25, 0.3) is 0 Å². The smallest absolute Gasteiger partial charge is 0.131 e. The average molecular weight is 130 g/mol. The molecule has 1 radical (unpaired) electrons. The van der Waals surface area contributed by atoms with Gasteiger partial charge in [-0.15, -0.1) is 12.0 Å². The Kier molecular flexibility index (Phi) is 3.87. The summed E-state index contributed by atoms with van der Waals surface area (Å²) < 4.78 is 0. The lowest BCUT2D eigenvalue weighted by atomic mass is 11.2. The van der Waals surface area contributed by atoms with Gasteiger partial charge in [-0.3, -0.25) is 0 Å². The van der Waals surface area contributed by atoms with Crippen molar-refractivity contribution in [3.63, 3.8) is 0 Å². The molecule has 0 aromatic heterocycles. The summed E-state index contributed by atoms with van der Waals surface area (Å²) in [7, 11) is -0.665. The fraction of sp³-hybridized carbons (Fsp3) is 0.200. The van der Waals surface area contributed by atoms with Gasteiger partial charge in [-0.25, -0.2) is 0 Å². The van der Waals surface area contributed by atoms with Crippen LogP contribution in [0.5, 0.6) is 0 Å². The van der Waals surface area contributed by atoms with E-state index in [4.69, 9.17) is 18.0 Å². The third-order valence-corrected chi connectivity index (χ3v) is 2.00. The molecule has 0 fully saturated rings. The normalized spacial score (nSPS) is 10.0. The molecule has 7 heavy (non-hydrogen) atoms. The van der Waals surface area contributed by atoms with E-state index in [0.717, 1.165) is 0 Å². The minimum atomic E-state index is -0.665. The molecule has 0 aliphatic carbocycles. The van der Waals surface area contributed by atoms with Crippen LogP contribution in [0.15, 0.2) is 11.2 Å². The van der Waals surface area contributed by atoms with E-state index in [-0.39, 0.29) is 0 Å². The maximum atomic E-state index is 5.22. The predicted molar refractivity (Wildman–Crippen MR) is 35.4 cm³/mol. The van der Waals surface area contributed by atoms with Crippen molar-refractivity contribution in [2.45, 2.75) is 6.55 Å². The van der Waals surface area contributed by atoms with Crippen LogP contribution in [-0.2, 0) is 0 Å². The van der Waals surface area contributed by atoms with E-state index in [0.29, 0.717) is 0 Å². The van der Waals surface area contributed by atoms with Gasteiger partial charge in [0.2, 0.25) is 0 Å². The number of rotatable bonds is 1. The SMILES string of the molecule is C#C[Si](C)C=CCl. The summed E-state index contributed by atoms with van der Waals surface area (Å²) in [6, 6.07) is 0. The summed E-state index contributed by atoms with van der Waals surface area (Å²) in [5.74, 6) is 0. The molecule has 0 saturated carbocycles. The van der Waals surface area contributed by atoms with E-state index in [1.165, 1.54) is 5.54 Å². The zero-order valence-corrected chi connectivity index (χ0v) is 5.87. The van der Waals surface area contributed by atoms with Gasteiger partial charge in [0.1, 0.15) is 0 Å². The highest BCUT2D eigenvalue weighted by Gasteiger charge is 1.87. The highest BCUT2D eigenvalue weighted by Crippen LogP contribution is 1.83. The highest BCUT2D eigenvalue weighted by molar-refractivity contribution is 6.71. The second kappa shape index (κ2) is 3.98. The first kappa shape index (κ1) is 6.81. The van der Waals surface area contributed by atoms with Crippen molar-refractivity contribution in [2.24, 2.45) is 0 Å². The second-order valence-corrected chi connectivity index (χ2v) is 3.36. The first-order valence-electron chi connectivity index (χ1n) is 1.88. The van der Waals surface area contributed by atoms with E-state index in [1.54, 1.807) is 0 Å². The summed E-state index contributed by atoms with van der Waals surface area (Å²) in [5, 5.41) is 0. The number of halogens is 1. The number of hydrogen-bond donors (Lipinski definition) is 0. The van der Waals surface area contributed by atoms with Crippen LogP contribution in [0, 0.1) is 12.0 Å². The molecule has 37 valence electrons. The third kappa shape index (κ3) is 3.64. The minimum absolute atomic E-state index is 0.665. The Bertz CT molecular complexity index is 101. The van der Waals surface area contributed by atoms with Crippen molar-refractivity contribution in [2.75, 3.05) is 0 Å². The van der Waals surface area contributed by atoms with Crippen molar-refractivity contribution < 1.29 is 0 Å². The molecule has 0 rings (SSSR count). The first-order chi connectivity index (χ1) is 3.31. The van der Waals surface area contributed by atoms with Crippen LogP contribution in [0.2, 0.25) is 6.55 Å². The molecule has 0 aromatic rings. The first-order valence-corrected chi connectivity index (χ1v) is 4.39. The van der Waals surface area contributed by atoms with E-state index >= 15 is 0 Å². The van der Waals surface area contributed by atoms with Crippen molar-refractivity contribution >= 4 is 20.4 Å². The second-order valence-electron chi connectivity index (χ2n) is 1.12. The lowest BCUT2D eigenvalue weighted by Crippen LogP contribution is -1.95. The molecule has 0 atom stereocenters. The fourth-order valence-corrected chi connectivity index (χ4v) is 0.995. The number of hydrogen-bond acceptors (Lipinski definition) is 0. The Morgan fingerprint density at radius 1 is 1.86 bits per heavy atom. The Labute approximate surface area is 50.8 Å².